The Labute approximate surface area is 199 Å². The number of amides is 1. The van der Waals surface area contributed by atoms with Gasteiger partial charge in [-0.15, -0.1) is 22.7 Å². The van der Waals surface area contributed by atoms with Crippen LogP contribution < -0.4 is 10.2 Å². The first-order valence-corrected chi connectivity index (χ1v) is 13.1. The van der Waals surface area contributed by atoms with Gasteiger partial charge in [-0.3, -0.25) is 9.78 Å². The lowest BCUT2D eigenvalue weighted by Gasteiger charge is -2.32. The number of aromatic nitrogens is 4. The molecule has 0 radical (unpaired) electrons. The van der Waals surface area contributed by atoms with Crippen LogP contribution in [-0.4, -0.2) is 38.9 Å². The molecule has 4 aromatic heterocycles. The zero-order valence-corrected chi connectivity index (χ0v) is 19.8. The molecule has 7 nitrogen and oxygen atoms in total. The lowest BCUT2D eigenvalue weighted by molar-refractivity contribution is -0.120. The minimum Gasteiger partial charge on any atom is -0.356 e. The molecule has 168 valence electrons. The molecule has 1 saturated heterocycles. The van der Waals surface area contributed by atoms with E-state index >= 15 is 0 Å². The van der Waals surface area contributed by atoms with Crippen LogP contribution >= 0.6 is 22.7 Å². The topological polar surface area (TPSA) is 83.9 Å². The summed E-state index contributed by atoms with van der Waals surface area (Å²) in [5.41, 5.74) is 2.38. The van der Waals surface area contributed by atoms with Gasteiger partial charge < -0.3 is 10.2 Å². The van der Waals surface area contributed by atoms with Gasteiger partial charge in [0.25, 0.3) is 0 Å². The summed E-state index contributed by atoms with van der Waals surface area (Å²) in [6.07, 6.45) is 11.6. The van der Waals surface area contributed by atoms with Crippen LogP contribution in [0, 0.1) is 5.92 Å². The van der Waals surface area contributed by atoms with E-state index in [1.165, 1.54) is 40.0 Å². The molecule has 0 bridgehead atoms. The molecule has 2 aliphatic rings. The molecule has 0 spiro atoms. The summed E-state index contributed by atoms with van der Waals surface area (Å²) in [6.45, 7) is 1.61. The second-order valence-electron chi connectivity index (χ2n) is 8.59. The molecule has 1 aliphatic heterocycles. The summed E-state index contributed by atoms with van der Waals surface area (Å²) in [7, 11) is 0. The zero-order valence-electron chi connectivity index (χ0n) is 18.2. The molecule has 5 heterocycles. The quantitative estimate of drug-likeness (QED) is 0.449. The Kier molecular flexibility index (Phi) is 5.51. The third kappa shape index (κ3) is 4.00. The number of anilines is 2. The summed E-state index contributed by atoms with van der Waals surface area (Å²) in [6, 6.07) is 3.94. The van der Waals surface area contributed by atoms with Gasteiger partial charge >= 0.3 is 0 Å². The second kappa shape index (κ2) is 8.79. The highest BCUT2D eigenvalue weighted by Gasteiger charge is 2.29. The Hall–Kier alpha value is -2.91. The van der Waals surface area contributed by atoms with Crippen LogP contribution in [0.3, 0.4) is 0 Å². The van der Waals surface area contributed by atoms with E-state index in [9.17, 15) is 4.79 Å². The summed E-state index contributed by atoms with van der Waals surface area (Å²) >= 11 is 3.28. The number of pyridine rings is 1. The normalized spacial score (nSPS) is 16.7. The average molecular weight is 477 g/mol. The molecular weight excluding hydrogens is 452 g/mol. The molecule has 0 unspecified atom stereocenters. The SMILES string of the molecule is O=C(Nc1nccs1)C1CCN(c2nc(-c3cccnc3)nc3sc4c(c23)CCCC4)CC1. The number of carbonyl (C=O) groups is 1. The van der Waals surface area contributed by atoms with Crippen molar-refractivity contribution in [2.45, 2.75) is 38.5 Å². The molecule has 1 fully saturated rings. The van der Waals surface area contributed by atoms with E-state index in [4.69, 9.17) is 9.97 Å². The van der Waals surface area contributed by atoms with Gasteiger partial charge in [-0.25, -0.2) is 15.0 Å². The second-order valence-corrected chi connectivity index (χ2v) is 10.6. The molecule has 6 rings (SSSR count). The maximum Gasteiger partial charge on any atom is 0.229 e. The standard InChI is InChI=1S/C24H24N6OS2/c31-22(29-24-26-10-13-32-24)15-7-11-30(12-8-15)21-19-17-5-1-2-6-18(17)33-23(19)28-20(27-21)16-4-3-9-25-14-16/h3-4,9-10,13-15H,1-2,5-8,11-12H2,(H,26,29,31). The summed E-state index contributed by atoms with van der Waals surface area (Å²) in [5, 5.41) is 6.74. The highest BCUT2D eigenvalue weighted by molar-refractivity contribution is 7.19. The van der Waals surface area contributed by atoms with Crippen LogP contribution in [0.25, 0.3) is 21.6 Å². The minimum absolute atomic E-state index is 0.00309. The predicted octanol–water partition coefficient (Wildman–Crippen LogP) is 4.94. The van der Waals surface area contributed by atoms with Crippen molar-refractivity contribution in [2.75, 3.05) is 23.3 Å². The monoisotopic (exact) mass is 476 g/mol. The molecule has 1 aliphatic carbocycles. The number of nitrogens with zero attached hydrogens (tertiary/aromatic N) is 5. The maximum atomic E-state index is 12.7. The van der Waals surface area contributed by atoms with Gasteiger partial charge in [-0.1, -0.05) is 0 Å². The van der Waals surface area contributed by atoms with Crippen molar-refractivity contribution in [3.05, 3.63) is 46.5 Å². The van der Waals surface area contributed by atoms with Crippen molar-refractivity contribution in [1.29, 1.82) is 0 Å². The Balaban J connectivity index is 1.32. The van der Waals surface area contributed by atoms with Crippen LogP contribution in [-0.2, 0) is 17.6 Å². The number of rotatable bonds is 4. The Bertz CT molecular complexity index is 1280. The molecule has 0 saturated carbocycles. The van der Waals surface area contributed by atoms with E-state index in [-0.39, 0.29) is 11.8 Å². The highest BCUT2D eigenvalue weighted by Crippen LogP contribution is 2.41. The largest absolute Gasteiger partial charge is 0.356 e. The number of thiophene rings is 1. The Morgan fingerprint density at radius 3 is 2.79 bits per heavy atom. The van der Waals surface area contributed by atoms with Gasteiger partial charge in [0.1, 0.15) is 10.6 Å². The fraction of sp³-hybridized carbons (Fsp3) is 0.375. The molecular formula is C24H24N6OS2. The first-order chi connectivity index (χ1) is 16.3. The fourth-order valence-corrected chi connectivity index (χ4v) is 6.62. The average Bonchev–Trinajstić information content (AvgIpc) is 3.51. The number of nitrogens with one attached hydrogen (secondary N) is 1. The third-order valence-corrected chi connectivity index (χ3v) is 8.42. The van der Waals surface area contributed by atoms with E-state index in [0.717, 1.165) is 60.8 Å². The van der Waals surface area contributed by atoms with E-state index in [0.29, 0.717) is 5.13 Å². The predicted molar refractivity (Wildman–Crippen MR) is 133 cm³/mol. The molecule has 0 aromatic carbocycles. The first kappa shape index (κ1) is 20.7. The van der Waals surface area contributed by atoms with Gasteiger partial charge in [0.05, 0.1) is 5.39 Å². The number of thiazole rings is 1. The number of hydrogen-bond donors (Lipinski definition) is 1. The van der Waals surface area contributed by atoms with Crippen molar-refractivity contribution < 1.29 is 4.79 Å². The smallest absolute Gasteiger partial charge is 0.229 e. The molecule has 0 atom stereocenters. The van der Waals surface area contributed by atoms with Crippen LogP contribution in [0.5, 0.6) is 0 Å². The molecule has 1 amide bonds. The molecule has 4 aromatic rings. The van der Waals surface area contributed by atoms with Crippen LogP contribution in [0.15, 0.2) is 36.1 Å². The lowest BCUT2D eigenvalue weighted by Crippen LogP contribution is -2.38. The number of aryl methyl sites for hydroxylation is 2. The highest BCUT2D eigenvalue weighted by atomic mass is 32.1. The van der Waals surface area contributed by atoms with E-state index in [1.54, 1.807) is 12.4 Å². The van der Waals surface area contributed by atoms with Crippen LogP contribution in [0.2, 0.25) is 0 Å². The maximum absolute atomic E-state index is 12.7. The van der Waals surface area contributed by atoms with Gasteiger partial charge in [0, 0.05) is 53.4 Å². The van der Waals surface area contributed by atoms with Crippen molar-refractivity contribution in [1.82, 2.24) is 19.9 Å². The van der Waals surface area contributed by atoms with E-state index in [1.807, 2.05) is 35.0 Å². The Morgan fingerprint density at radius 1 is 1.12 bits per heavy atom. The number of hydrogen-bond acceptors (Lipinski definition) is 8. The van der Waals surface area contributed by atoms with E-state index in [2.05, 4.69) is 20.2 Å². The van der Waals surface area contributed by atoms with Crippen molar-refractivity contribution in [3.8, 4) is 11.4 Å². The Morgan fingerprint density at radius 2 is 2.00 bits per heavy atom. The van der Waals surface area contributed by atoms with Gasteiger partial charge in [0.2, 0.25) is 5.91 Å². The summed E-state index contributed by atoms with van der Waals surface area (Å²) in [5.74, 6) is 1.82. The van der Waals surface area contributed by atoms with Gasteiger partial charge in [-0.2, -0.15) is 0 Å². The lowest BCUT2D eigenvalue weighted by atomic mass is 9.94. The summed E-state index contributed by atoms with van der Waals surface area (Å²) < 4.78 is 0. The third-order valence-electron chi connectivity index (χ3n) is 6.54. The number of carbonyl (C=O) groups excluding carboxylic acids is 1. The number of fused-ring (bicyclic) bond motifs is 3. The van der Waals surface area contributed by atoms with Crippen LogP contribution in [0.1, 0.15) is 36.1 Å². The van der Waals surface area contributed by atoms with E-state index < -0.39 is 0 Å². The van der Waals surface area contributed by atoms with Crippen molar-refractivity contribution in [2.24, 2.45) is 5.92 Å². The van der Waals surface area contributed by atoms with Gasteiger partial charge in [0.15, 0.2) is 11.0 Å². The molecule has 9 heteroatoms. The summed E-state index contributed by atoms with van der Waals surface area (Å²) in [4.78, 5) is 36.1. The molecule has 33 heavy (non-hydrogen) atoms. The van der Waals surface area contributed by atoms with Gasteiger partial charge in [-0.05, 0) is 56.2 Å². The zero-order chi connectivity index (χ0) is 22.2. The van der Waals surface area contributed by atoms with Crippen molar-refractivity contribution >= 4 is 49.7 Å². The minimum atomic E-state index is -0.00309. The fourth-order valence-electron chi connectivity index (χ4n) is 4.84. The van der Waals surface area contributed by atoms with Crippen LogP contribution in [0.4, 0.5) is 10.9 Å². The first-order valence-electron chi connectivity index (χ1n) is 11.4. The van der Waals surface area contributed by atoms with Crippen molar-refractivity contribution in [3.63, 3.8) is 0 Å². The molecule has 1 N–H and O–H groups in total. The number of piperidine rings is 1.